The van der Waals surface area contributed by atoms with Crippen LogP contribution in [-0.2, 0) is 6.42 Å². The minimum atomic E-state index is 0.372. The molecule has 21 heavy (non-hydrogen) atoms. The van der Waals surface area contributed by atoms with Gasteiger partial charge in [-0.15, -0.1) is 0 Å². The van der Waals surface area contributed by atoms with E-state index in [0.717, 1.165) is 13.1 Å². The van der Waals surface area contributed by atoms with E-state index in [4.69, 9.17) is 0 Å². The SMILES string of the molecule is CNC(CN1CCc2ccccc21)c1ccc(C)cc1C. The number of rotatable bonds is 4. The van der Waals surface area contributed by atoms with Crippen LogP contribution in [0.2, 0.25) is 0 Å². The lowest BCUT2D eigenvalue weighted by Crippen LogP contribution is -2.33. The molecule has 0 aromatic heterocycles. The standard InChI is InChI=1S/C19H24N2/c1-14-8-9-17(15(2)12-14)18(20-3)13-21-11-10-16-6-4-5-7-19(16)21/h4-9,12,18,20H,10-11,13H2,1-3H3. The summed E-state index contributed by atoms with van der Waals surface area (Å²) in [5, 5.41) is 3.49. The molecule has 2 heteroatoms. The maximum Gasteiger partial charge on any atom is 0.0498 e. The monoisotopic (exact) mass is 280 g/mol. The van der Waals surface area contributed by atoms with Gasteiger partial charge in [0.2, 0.25) is 0 Å². The summed E-state index contributed by atoms with van der Waals surface area (Å²) >= 11 is 0. The molecule has 0 aliphatic carbocycles. The topological polar surface area (TPSA) is 15.3 Å². The third-order valence-corrected chi connectivity index (χ3v) is 4.54. The third kappa shape index (κ3) is 2.81. The molecular formula is C19H24N2. The second-order valence-electron chi connectivity index (χ2n) is 6.03. The number of nitrogens with one attached hydrogen (secondary N) is 1. The molecule has 0 amide bonds. The highest BCUT2D eigenvalue weighted by molar-refractivity contribution is 5.58. The van der Waals surface area contributed by atoms with Crippen LogP contribution >= 0.6 is 0 Å². The molecule has 2 aromatic carbocycles. The molecule has 2 nitrogen and oxygen atoms in total. The van der Waals surface area contributed by atoms with Crippen LogP contribution in [0.15, 0.2) is 42.5 Å². The molecule has 0 saturated heterocycles. The number of likely N-dealkylation sites (N-methyl/N-ethyl adjacent to an activating group) is 1. The van der Waals surface area contributed by atoms with Crippen molar-refractivity contribution < 1.29 is 0 Å². The summed E-state index contributed by atoms with van der Waals surface area (Å²) in [6.45, 7) is 6.52. The first-order chi connectivity index (χ1) is 10.2. The fourth-order valence-corrected chi connectivity index (χ4v) is 3.38. The molecule has 0 bridgehead atoms. The van der Waals surface area contributed by atoms with Crippen LogP contribution in [0, 0.1) is 13.8 Å². The molecule has 0 fully saturated rings. The van der Waals surface area contributed by atoms with Gasteiger partial charge in [-0.2, -0.15) is 0 Å². The van der Waals surface area contributed by atoms with Gasteiger partial charge in [0.1, 0.15) is 0 Å². The molecule has 0 spiro atoms. The number of fused-ring (bicyclic) bond motifs is 1. The highest BCUT2D eigenvalue weighted by Gasteiger charge is 2.22. The number of hydrogen-bond acceptors (Lipinski definition) is 2. The predicted molar refractivity (Wildman–Crippen MR) is 90.1 cm³/mol. The third-order valence-electron chi connectivity index (χ3n) is 4.54. The molecule has 1 heterocycles. The lowest BCUT2D eigenvalue weighted by atomic mass is 9.99. The van der Waals surface area contributed by atoms with E-state index in [9.17, 15) is 0 Å². The summed E-state index contributed by atoms with van der Waals surface area (Å²) < 4.78 is 0. The Hall–Kier alpha value is -1.80. The van der Waals surface area contributed by atoms with Gasteiger partial charge in [0.05, 0.1) is 0 Å². The van der Waals surface area contributed by atoms with Gasteiger partial charge in [-0.05, 0) is 50.1 Å². The Morgan fingerprint density at radius 2 is 1.95 bits per heavy atom. The van der Waals surface area contributed by atoms with Gasteiger partial charge in [0, 0.05) is 24.8 Å². The van der Waals surface area contributed by atoms with Crippen LogP contribution < -0.4 is 10.2 Å². The summed E-state index contributed by atoms with van der Waals surface area (Å²) in [4.78, 5) is 2.51. The molecule has 0 radical (unpaired) electrons. The first-order valence-electron chi connectivity index (χ1n) is 7.76. The van der Waals surface area contributed by atoms with Gasteiger partial charge >= 0.3 is 0 Å². The molecule has 3 rings (SSSR count). The van der Waals surface area contributed by atoms with Crippen molar-refractivity contribution in [2.75, 3.05) is 25.0 Å². The average Bonchev–Trinajstić information content (AvgIpc) is 2.89. The van der Waals surface area contributed by atoms with Crippen molar-refractivity contribution in [1.82, 2.24) is 5.32 Å². The van der Waals surface area contributed by atoms with Crippen molar-refractivity contribution in [1.29, 1.82) is 0 Å². The molecule has 1 aliphatic heterocycles. The number of anilines is 1. The number of benzene rings is 2. The number of para-hydroxylation sites is 1. The van der Waals surface area contributed by atoms with Gasteiger partial charge < -0.3 is 10.2 Å². The molecule has 110 valence electrons. The van der Waals surface area contributed by atoms with Gasteiger partial charge in [-0.25, -0.2) is 0 Å². The van der Waals surface area contributed by atoms with Crippen LogP contribution in [0.25, 0.3) is 0 Å². The van der Waals surface area contributed by atoms with E-state index < -0.39 is 0 Å². The van der Waals surface area contributed by atoms with Gasteiger partial charge in [-0.3, -0.25) is 0 Å². The van der Waals surface area contributed by atoms with Crippen LogP contribution in [0.3, 0.4) is 0 Å². The van der Waals surface area contributed by atoms with Crippen molar-refractivity contribution in [3.05, 3.63) is 64.7 Å². The van der Waals surface area contributed by atoms with Crippen LogP contribution in [0.4, 0.5) is 5.69 Å². The van der Waals surface area contributed by atoms with Crippen LogP contribution in [-0.4, -0.2) is 20.1 Å². The summed E-state index contributed by atoms with van der Waals surface area (Å²) in [6, 6.07) is 15.9. The largest absolute Gasteiger partial charge is 0.369 e. The highest BCUT2D eigenvalue weighted by atomic mass is 15.2. The van der Waals surface area contributed by atoms with Crippen molar-refractivity contribution in [2.24, 2.45) is 0 Å². The number of aryl methyl sites for hydroxylation is 2. The quantitative estimate of drug-likeness (QED) is 0.920. The molecule has 1 N–H and O–H groups in total. The Morgan fingerprint density at radius 1 is 1.14 bits per heavy atom. The van der Waals surface area contributed by atoms with E-state index in [1.807, 2.05) is 0 Å². The van der Waals surface area contributed by atoms with Crippen LogP contribution in [0.5, 0.6) is 0 Å². The van der Waals surface area contributed by atoms with Gasteiger partial charge in [0.25, 0.3) is 0 Å². The second kappa shape index (κ2) is 5.90. The van der Waals surface area contributed by atoms with Crippen molar-refractivity contribution in [2.45, 2.75) is 26.3 Å². The lowest BCUT2D eigenvalue weighted by Gasteiger charge is -2.27. The first-order valence-corrected chi connectivity index (χ1v) is 7.76. The normalized spacial score (nSPS) is 15.1. The predicted octanol–water partition coefficient (Wildman–Crippen LogP) is 3.63. The van der Waals surface area contributed by atoms with Crippen LogP contribution in [0.1, 0.15) is 28.3 Å². The minimum Gasteiger partial charge on any atom is -0.369 e. The fraction of sp³-hybridized carbons (Fsp3) is 0.368. The zero-order chi connectivity index (χ0) is 14.8. The molecular weight excluding hydrogens is 256 g/mol. The molecule has 2 aromatic rings. The van der Waals surface area contributed by atoms with Crippen molar-refractivity contribution in [3.8, 4) is 0 Å². The maximum absolute atomic E-state index is 3.49. The van der Waals surface area contributed by atoms with E-state index in [1.165, 1.54) is 34.4 Å². The van der Waals surface area contributed by atoms with E-state index in [-0.39, 0.29) is 0 Å². The summed E-state index contributed by atoms with van der Waals surface area (Å²) in [5.74, 6) is 0. The Kier molecular flexibility index (Phi) is 3.98. The Labute approximate surface area is 127 Å². The van der Waals surface area contributed by atoms with Gasteiger partial charge in [-0.1, -0.05) is 42.0 Å². The van der Waals surface area contributed by atoms with Crippen molar-refractivity contribution >= 4 is 5.69 Å². The molecule has 0 saturated carbocycles. The van der Waals surface area contributed by atoms with E-state index in [2.05, 4.69) is 73.6 Å². The van der Waals surface area contributed by atoms with Gasteiger partial charge in [0.15, 0.2) is 0 Å². The first kappa shape index (κ1) is 14.2. The Morgan fingerprint density at radius 3 is 2.71 bits per heavy atom. The summed E-state index contributed by atoms with van der Waals surface area (Å²) in [5.41, 5.74) is 7.00. The average molecular weight is 280 g/mol. The second-order valence-corrected chi connectivity index (χ2v) is 6.03. The lowest BCUT2D eigenvalue weighted by molar-refractivity contribution is 0.576. The fourth-order valence-electron chi connectivity index (χ4n) is 3.38. The Balaban J connectivity index is 1.83. The minimum absolute atomic E-state index is 0.372. The van der Waals surface area contributed by atoms with E-state index in [1.54, 1.807) is 0 Å². The molecule has 1 unspecified atom stereocenters. The summed E-state index contributed by atoms with van der Waals surface area (Å²) in [6.07, 6.45) is 1.17. The zero-order valence-electron chi connectivity index (χ0n) is 13.2. The highest BCUT2D eigenvalue weighted by Crippen LogP contribution is 2.30. The Bertz CT molecular complexity index is 633. The molecule has 1 aliphatic rings. The maximum atomic E-state index is 3.49. The van der Waals surface area contributed by atoms with E-state index >= 15 is 0 Å². The number of nitrogens with zero attached hydrogens (tertiary/aromatic N) is 1. The summed E-state index contributed by atoms with van der Waals surface area (Å²) in [7, 11) is 2.06. The number of hydrogen-bond donors (Lipinski definition) is 1. The van der Waals surface area contributed by atoms with E-state index in [0.29, 0.717) is 6.04 Å². The smallest absolute Gasteiger partial charge is 0.0498 e. The van der Waals surface area contributed by atoms with Crippen molar-refractivity contribution in [3.63, 3.8) is 0 Å². The molecule has 1 atom stereocenters. The zero-order valence-corrected chi connectivity index (χ0v) is 13.2.